The fourth-order valence-corrected chi connectivity index (χ4v) is 2.80. The summed E-state index contributed by atoms with van der Waals surface area (Å²) in [6.45, 7) is 2.33. The van der Waals surface area contributed by atoms with Crippen LogP contribution in [0.4, 0.5) is 4.79 Å². The molecule has 26 heavy (non-hydrogen) atoms. The van der Waals surface area contributed by atoms with Gasteiger partial charge in [0.15, 0.2) is 0 Å². The lowest BCUT2D eigenvalue weighted by Gasteiger charge is -2.27. The summed E-state index contributed by atoms with van der Waals surface area (Å²) in [5, 5.41) is 5.52. The highest BCUT2D eigenvalue weighted by molar-refractivity contribution is 5.85. The summed E-state index contributed by atoms with van der Waals surface area (Å²) in [6, 6.07) is 16.2. The van der Waals surface area contributed by atoms with Crippen LogP contribution >= 0.6 is 0 Å². The monoisotopic (exact) mass is 354 g/mol. The van der Waals surface area contributed by atoms with Gasteiger partial charge in [0.2, 0.25) is 5.91 Å². The van der Waals surface area contributed by atoms with Crippen LogP contribution in [-0.2, 0) is 16.1 Å². The molecule has 2 amide bonds. The number of hydrogen-bond acceptors (Lipinski definition) is 4. The number of rotatable bonds is 5. The van der Waals surface area contributed by atoms with Gasteiger partial charge in [0.05, 0.1) is 12.6 Å². The first-order valence-corrected chi connectivity index (χ1v) is 8.63. The highest BCUT2D eigenvalue weighted by Crippen LogP contribution is 2.31. The van der Waals surface area contributed by atoms with Crippen molar-refractivity contribution in [3.63, 3.8) is 0 Å². The van der Waals surface area contributed by atoms with E-state index in [2.05, 4.69) is 10.6 Å². The van der Waals surface area contributed by atoms with E-state index in [0.717, 1.165) is 16.9 Å². The molecular formula is C20H22N2O4. The Morgan fingerprint density at radius 2 is 1.88 bits per heavy atom. The van der Waals surface area contributed by atoms with Crippen molar-refractivity contribution in [1.29, 1.82) is 0 Å². The van der Waals surface area contributed by atoms with E-state index >= 15 is 0 Å². The molecule has 2 aromatic rings. The van der Waals surface area contributed by atoms with Gasteiger partial charge in [-0.05, 0) is 18.6 Å². The SMILES string of the molecule is C[C@H](NC(=O)OCc1ccccc1)C(=O)N[C@H]1CCOc2ccccc21. The fraction of sp³-hybridized carbons (Fsp3) is 0.300. The predicted octanol–water partition coefficient (Wildman–Crippen LogP) is 2.94. The first-order valence-electron chi connectivity index (χ1n) is 8.63. The molecule has 0 aromatic heterocycles. The molecule has 0 unspecified atom stereocenters. The number of hydrogen-bond donors (Lipinski definition) is 2. The van der Waals surface area contributed by atoms with Gasteiger partial charge in [0.1, 0.15) is 18.4 Å². The number of nitrogens with one attached hydrogen (secondary N) is 2. The van der Waals surface area contributed by atoms with Crippen LogP contribution in [-0.4, -0.2) is 24.6 Å². The van der Waals surface area contributed by atoms with Gasteiger partial charge in [-0.25, -0.2) is 4.79 Å². The molecule has 1 aliphatic rings. The highest BCUT2D eigenvalue weighted by Gasteiger charge is 2.25. The predicted molar refractivity (Wildman–Crippen MR) is 96.7 cm³/mol. The lowest BCUT2D eigenvalue weighted by molar-refractivity contribution is -0.123. The van der Waals surface area contributed by atoms with Gasteiger partial charge in [-0.3, -0.25) is 4.79 Å². The van der Waals surface area contributed by atoms with Crippen molar-refractivity contribution in [2.24, 2.45) is 0 Å². The van der Waals surface area contributed by atoms with Crippen LogP contribution in [0.25, 0.3) is 0 Å². The summed E-state index contributed by atoms with van der Waals surface area (Å²) in [7, 11) is 0. The summed E-state index contributed by atoms with van der Waals surface area (Å²) >= 11 is 0. The highest BCUT2D eigenvalue weighted by atomic mass is 16.5. The maximum Gasteiger partial charge on any atom is 0.408 e. The van der Waals surface area contributed by atoms with Crippen molar-refractivity contribution < 1.29 is 19.1 Å². The molecule has 6 heteroatoms. The van der Waals surface area contributed by atoms with E-state index in [9.17, 15) is 9.59 Å². The third kappa shape index (κ3) is 4.53. The zero-order chi connectivity index (χ0) is 18.4. The van der Waals surface area contributed by atoms with Gasteiger partial charge < -0.3 is 20.1 Å². The van der Waals surface area contributed by atoms with Crippen molar-refractivity contribution in [2.75, 3.05) is 6.61 Å². The Bertz CT molecular complexity index is 763. The topological polar surface area (TPSA) is 76.7 Å². The molecule has 0 spiro atoms. The lowest BCUT2D eigenvalue weighted by atomic mass is 10.0. The molecule has 0 aliphatic carbocycles. The van der Waals surface area contributed by atoms with E-state index in [1.165, 1.54) is 0 Å². The zero-order valence-corrected chi connectivity index (χ0v) is 14.6. The maximum absolute atomic E-state index is 12.4. The van der Waals surface area contributed by atoms with Gasteiger partial charge in [-0.15, -0.1) is 0 Å². The lowest BCUT2D eigenvalue weighted by Crippen LogP contribution is -2.46. The fourth-order valence-electron chi connectivity index (χ4n) is 2.80. The third-order valence-electron chi connectivity index (χ3n) is 4.22. The Morgan fingerprint density at radius 3 is 2.69 bits per heavy atom. The molecule has 6 nitrogen and oxygen atoms in total. The molecule has 2 N–H and O–H groups in total. The summed E-state index contributed by atoms with van der Waals surface area (Å²) in [4.78, 5) is 24.3. The van der Waals surface area contributed by atoms with E-state index in [0.29, 0.717) is 13.0 Å². The zero-order valence-electron chi connectivity index (χ0n) is 14.6. The Labute approximate surface area is 152 Å². The van der Waals surface area contributed by atoms with Crippen molar-refractivity contribution >= 4 is 12.0 Å². The van der Waals surface area contributed by atoms with Gasteiger partial charge >= 0.3 is 6.09 Å². The molecule has 2 aromatic carbocycles. The average molecular weight is 354 g/mol. The van der Waals surface area contributed by atoms with Gasteiger partial charge in [0.25, 0.3) is 0 Å². The Balaban J connectivity index is 1.50. The van der Waals surface area contributed by atoms with Crippen LogP contribution < -0.4 is 15.4 Å². The molecule has 136 valence electrons. The van der Waals surface area contributed by atoms with Gasteiger partial charge in [-0.2, -0.15) is 0 Å². The average Bonchev–Trinajstić information content (AvgIpc) is 2.67. The minimum absolute atomic E-state index is 0.128. The summed E-state index contributed by atoms with van der Waals surface area (Å²) in [5.41, 5.74) is 1.84. The molecule has 1 heterocycles. The molecule has 0 saturated heterocycles. The Morgan fingerprint density at radius 1 is 1.15 bits per heavy atom. The molecule has 0 radical (unpaired) electrons. The molecule has 1 aliphatic heterocycles. The van der Waals surface area contributed by atoms with Crippen molar-refractivity contribution in [3.8, 4) is 5.75 Å². The smallest absolute Gasteiger partial charge is 0.408 e. The van der Waals surface area contributed by atoms with Crippen LogP contribution in [0, 0.1) is 0 Å². The number of benzene rings is 2. The molecule has 0 bridgehead atoms. The number of carbonyl (C=O) groups excluding carboxylic acids is 2. The van der Waals surface area contributed by atoms with E-state index in [1.807, 2.05) is 54.6 Å². The number of amides is 2. The van der Waals surface area contributed by atoms with Crippen LogP contribution in [0.5, 0.6) is 5.75 Å². The standard InChI is InChI=1S/C20H22N2O4/c1-14(21-20(24)26-13-15-7-3-2-4-8-15)19(23)22-17-11-12-25-18-10-6-5-9-16(17)18/h2-10,14,17H,11-13H2,1H3,(H,21,24)(H,22,23)/t14-,17-/m0/s1. The maximum atomic E-state index is 12.4. The number of fused-ring (bicyclic) bond motifs is 1. The minimum atomic E-state index is -0.701. The number of alkyl carbamates (subject to hydrolysis) is 1. The molecule has 0 fully saturated rings. The summed E-state index contributed by atoms with van der Waals surface area (Å²) in [6.07, 6.45) is 0.0670. The van der Waals surface area contributed by atoms with Crippen LogP contribution in [0.1, 0.15) is 30.5 Å². The normalized spacial score (nSPS) is 16.6. The molecule has 3 rings (SSSR count). The minimum Gasteiger partial charge on any atom is -0.493 e. The van der Waals surface area contributed by atoms with Crippen molar-refractivity contribution in [1.82, 2.24) is 10.6 Å². The first kappa shape index (κ1) is 17.8. The second-order valence-electron chi connectivity index (χ2n) is 6.16. The Hall–Kier alpha value is -3.02. The van der Waals surface area contributed by atoms with E-state index in [4.69, 9.17) is 9.47 Å². The largest absolute Gasteiger partial charge is 0.493 e. The third-order valence-corrected chi connectivity index (χ3v) is 4.22. The summed E-state index contributed by atoms with van der Waals surface area (Å²) in [5.74, 6) is 0.523. The van der Waals surface area contributed by atoms with E-state index in [1.54, 1.807) is 6.92 Å². The van der Waals surface area contributed by atoms with Crippen molar-refractivity contribution in [3.05, 3.63) is 65.7 Å². The number of ether oxygens (including phenoxy) is 2. The number of carbonyl (C=O) groups is 2. The van der Waals surface area contributed by atoms with Gasteiger partial charge in [-0.1, -0.05) is 48.5 Å². The summed E-state index contributed by atoms with van der Waals surface area (Å²) < 4.78 is 10.7. The van der Waals surface area contributed by atoms with Crippen LogP contribution in [0.15, 0.2) is 54.6 Å². The molecular weight excluding hydrogens is 332 g/mol. The van der Waals surface area contributed by atoms with E-state index in [-0.39, 0.29) is 18.6 Å². The molecule has 0 saturated carbocycles. The first-order chi connectivity index (χ1) is 12.6. The van der Waals surface area contributed by atoms with Crippen LogP contribution in [0.2, 0.25) is 0 Å². The quantitative estimate of drug-likeness (QED) is 0.865. The second kappa shape index (κ2) is 8.38. The van der Waals surface area contributed by atoms with E-state index < -0.39 is 12.1 Å². The Kier molecular flexibility index (Phi) is 5.73. The number of para-hydroxylation sites is 1. The van der Waals surface area contributed by atoms with Crippen LogP contribution in [0.3, 0.4) is 0 Å². The molecule has 2 atom stereocenters. The second-order valence-corrected chi connectivity index (χ2v) is 6.16. The van der Waals surface area contributed by atoms with Gasteiger partial charge in [0, 0.05) is 12.0 Å². The van der Waals surface area contributed by atoms with Crippen molar-refractivity contribution in [2.45, 2.75) is 32.0 Å².